The SMILES string of the molecule is CN=C(NCc1cc(Br)c2c(c1)OCO2)N1CCN(c2ncccn2)CC1.I. The average Bonchev–Trinajstić information content (AvgIpc) is 3.19. The van der Waals surface area contributed by atoms with Crippen LogP contribution in [0, 0.1) is 0 Å². The molecule has 1 N–H and O–H groups in total. The van der Waals surface area contributed by atoms with Crippen LogP contribution < -0.4 is 19.7 Å². The first-order chi connectivity index (χ1) is 13.2. The Morgan fingerprint density at radius 3 is 2.64 bits per heavy atom. The quantitative estimate of drug-likeness (QED) is 0.351. The van der Waals surface area contributed by atoms with E-state index in [9.17, 15) is 0 Å². The van der Waals surface area contributed by atoms with E-state index in [1.165, 1.54) is 0 Å². The van der Waals surface area contributed by atoms with E-state index in [0.717, 1.165) is 59.6 Å². The number of nitrogens with one attached hydrogen (secondary N) is 1. The number of guanidine groups is 1. The Morgan fingerprint density at radius 1 is 1.18 bits per heavy atom. The van der Waals surface area contributed by atoms with Gasteiger partial charge in [-0.25, -0.2) is 9.97 Å². The first-order valence-corrected chi connectivity index (χ1v) is 9.59. The van der Waals surface area contributed by atoms with E-state index in [2.05, 4.69) is 46.0 Å². The standard InChI is InChI=1S/C18H21BrN6O2.HI/c1-20-17(23-11-13-9-14(19)16-15(10-13)26-12-27-16)24-5-7-25(8-6-24)18-21-3-2-4-22-18;/h2-4,9-10H,5-8,11-12H2,1H3,(H,20,23);1H. The topological polar surface area (TPSA) is 75.1 Å². The Hall–Kier alpha value is -1.82. The zero-order valence-corrected chi connectivity index (χ0v) is 19.4. The summed E-state index contributed by atoms with van der Waals surface area (Å²) in [5.41, 5.74) is 1.10. The molecule has 10 heteroatoms. The van der Waals surface area contributed by atoms with Gasteiger partial charge in [0.25, 0.3) is 0 Å². The number of hydrogen-bond donors (Lipinski definition) is 1. The van der Waals surface area contributed by atoms with Crippen molar-refractivity contribution in [1.82, 2.24) is 20.2 Å². The molecule has 150 valence electrons. The summed E-state index contributed by atoms with van der Waals surface area (Å²) >= 11 is 3.54. The monoisotopic (exact) mass is 560 g/mol. The molecule has 1 aromatic heterocycles. The fourth-order valence-electron chi connectivity index (χ4n) is 3.21. The molecule has 1 saturated heterocycles. The van der Waals surface area contributed by atoms with Gasteiger partial charge in [-0.1, -0.05) is 0 Å². The van der Waals surface area contributed by atoms with Crippen LogP contribution in [-0.4, -0.2) is 60.8 Å². The molecule has 0 unspecified atom stereocenters. The highest BCUT2D eigenvalue weighted by molar-refractivity contribution is 14.0. The van der Waals surface area contributed by atoms with Gasteiger partial charge < -0.3 is 24.6 Å². The largest absolute Gasteiger partial charge is 0.454 e. The first kappa shape index (κ1) is 20.9. The number of ether oxygens (including phenoxy) is 2. The number of aliphatic imine (C=N–C) groups is 1. The Labute approximate surface area is 189 Å². The zero-order valence-electron chi connectivity index (χ0n) is 15.5. The van der Waals surface area contributed by atoms with Gasteiger partial charge >= 0.3 is 0 Å². The summed E-state index contributed by atoms with van der Waals surface area (Å²) in [6.07, 6.45) is 3.55. The minimum Gasteiger partial charge on any atom is -0.454 e. The van der Waals surface area contributed by atoms with Crippen molar-refractivity contribution in [3.63, 3.8) is 0 Å². The third kappa shape index (κ3) is 4.59. The maximum atomic E-state index is 5.49. The van der Waals surface area contributed by atoms with Crippen LogP contribution >= 0.6 is 39.9 Å². The highest BCUT2D eigenvalue weighted by Crippen LogP contribution is 2.39. The molecule has 4 rings (SSSR count). The second-order valence-corrected chi connectivity index (χ2v) is 7.09. The van der Waals surface area contributed by atoms with Crippen LogP contribution in [0.5, 0.6) is 11.5 Å². The van der Waals surface area contributed by atoms with Crippen LogP contribution in [0.25, 0.3) is 0 Å². The summed E-state index contributed by atoms with van der Waals surface area (Å²) in [5.74, 6) is 3.21. The Balaban J connectivity index is 0.00000225. The second-order valence-electron chi connectivity index (χ2n) is 6.24. The Kier molecular flexibility index (Phi) is 7.16. The molecule has 8 nitrogen and oxygen atoms in total. The summed E-state index contributed by atoms with van der Waals surface area (Å²) in [7, 11) is 1.81. The summed E-state index contributed by atoms with van der Waals surface area (Å²) in [4.78, 5) is 17.5. The van der Waals surface area contributed by atoms with E-state index in [4.69, 9.17) is 9.47 Å². The molecule has 3 heterocycles. The zero-order chi connectivity index (χ0) is 18.6. The molecule has 0 spiro atoms. The van der Waals surface area contributed by atoms with Crippen LogP contribution in [-0.2, 0) is 6.54 Å². The molecule has 0 aliphatic carbocycles. The molecule has 28 heavy (non-hydrogen) atoms. The molecule has 2 aliphatic rings. The highest BCUT2D eigenvalue weighted by Gasteiger charge is 2.22. The molecule has 0 bridgehead atoms. The number of rotatable bonds is 3. The third-order valence-electron chi connectivity index (χ3n) is 4.56. The van der Waals surface area contributed by atoms with E-state index < -0.39 is 0 Å². The molecule has 0 saturated carbocycles. The van der Waals surface area contributed by atoms with Crippen molar-refractivity contribution in [2.24, 2.45) is 4.99 Å². The van der Waals surface area contributed by atoms with Gasteiger partial charge in [-0.3, -0.25) is 4.99 Å². The van der Waals surface area contributed by atoms with Crippen molar-refractivity contribution < 1.29 is 9.47 Å². The molecule has 0 atom stereocenters. The molecule has 2 aliphatic heterocycles. The predicted molar refractivity (Wildman–Crippen MR) is 122 cm³/mol. The lowest BCUT2D eigenvalue weighted by Gasteiger charge is -2.36. The van der Waals surface area contributed by atoms with Gasteiger partial charge in [0, 0.05) is 52.2 Å². The molecule has 2 aromatic rings. The Morgan fingerprint density at radius 2 is 1.93 bits per heavy atom. The maximum absolute atomic E-state index is 5.49. The van der Waals surface area contributed by atoms with E-state index in [0.29, 0.717) is 6.54 Å². The molecule has 0 radical (unpaired) electrons. The highest BCUT2D eigenvalue weighted by atomic mass is 127. The predicted octanol–water partition coefficient (Wildman–Crippen LogP) is 2.48. The van der Waals surface area contributed by atoms with Gasteiger partial charge in [0.1, 0.15) is 0 Å². The molecule has 1 fully saturated rings. The molecule has 0 amide bonds. The van der Waals surface area contributed by atoms with Crippen molar-refractivity contribution in [1.29, 1.82) is 0 Å². The lowest BCUT2D eigenvalue weighted by molar-refractivity contribution is 0.173. The van der Waals surface area contributed by atoms with Gasteiger partial charge in [0.2, 0.25) is 12.7 Å². The number of hydrogen-bond acceptors (Lipinski definition) is 6. The Bertz CT molecular complexity index is 830. The number of nitrogens with zero attached hydrogens (tertiary/aromatic N) is 5. The number of anilines is 1. The first-order valence-electron chi connectivity index (χ1n) is 8.80. The number of aromatic nitrogens is 2. The van der Waals surface area contributed by atoms with Gasteiger partial charge in [-0.2, -0.15) is 0 Å². The number of piperazine rings is 1. The van der Waals surface area contributed by atoms with Crippen LogP contribution in [0.4, 0.5) is 5.95 Å². The minimum absolute atomic E-state index is 0. The molecular weight excluding hydrogens is 539 g/mol. The maximum Gasteiger partial charge on any atom is 0.231 e. The van der Waals surface area contributed by atoms with Crippen molar-refractivity contribution >= 4 is 51.8 Å². The van der Waals surface area contributed by atoms with Crippen LogP contribution in [0.1, 0.15) is 5.56 Å². The lowest BCUT2D eigenvalue weighted by atomic mass is 10.2. The van der Waals surface area contributed by atoms with E-state index in [1.807, 2.05) is 25.2 Å². The van der Waals surface area contributed by atoms with Crippen molar-refractivity contribution in [2.75, 3.05) is 44.9 Å². The smallest absolute Gasteiger partial charge is 0.231 e. The minimum atomic E-state index is 0. The molecular formula is C18H22BrIN6O2. The summed E-state index contributed by atoms with van der Waals surface area (Å²) < 4.78 is 11.8. The van der Waals surface area contributed by atoms with Crippen LogP contribution in [0.2, 0.25) is 0 Å². The van der Waals surface area contributed by atoms with Gasteiger partial charge in [0.15, 0.2) is 17.5 Å². The van der Waals surface area contributed by atoms with E-state index in [1.54, 1.807) is 12.4 Å². The average molecular weight is 561 g/mol. The summed E-state index contributed by atoms with van der Waals surface area (Å²) in [5, 5.41) is 3.44. The van der Waals surface area contributed by atoms with Crippen molar-refractivity contribution in [3.8, 4) is 11.5 Å². The normalized spacial score (nSPS) is 16.0. The van der Waals surface area contributed by atoms with Gasteiger partial charge in [-0.05, 0) is 39.7 Å². The third-order valence-corrected chi connectivity index (χ3v) is 5.15. The van der Waals surface area contributed by atoms with Crippen molar-refractivity contribution in [3.05, 3.63) is 40.6 Å². The number of fused-ring (bicyclic) bond motifs is 1. The number of halogens is 2. The fraction of sp³-hybridized carbons (Fsp3) is 0.389. The lowest BCUT2D eigenvalue weighted by Crippen LogP contribution is -2.52. The second kappa shape index (κ2) is 9.59. The number of benzene rings is 1. The fourth-order valence-corrected chi connectivity index (χ4v) is 3.81. The van der Waals surface area contributed by atoms with Crippen molar-refractivity contribution in [2.45, 2.75) is 6.54 Å². The van der Waals surface area contributed by atoms with Gasteiger partial charge in [0.05, 0.1) is 4.47 Å². The van der Waals surface area contributed by atoms with Crippen LogP contribution in [0.3, 0.4) is 0 Å². The van der Waals surface area contributed by atoms with E-state index in [-0.39, 0.29) is 30.8 Å². The van der Waals surface area contributed by atoms with Crippen LogP contribution in [0.15, 0.2) is 40.1 Å². The summed E-state index contributed by atoms with van der Waals surface area (Å²) in [6, 6.07) is 5.87. The summed E-state index contributed by atoms with van der Waals surface area (Å²) in [6.45, 7) is 4.37. The van der Waals surface area contributed by atoms with E-state index >= 15 is 0 Å². The van der Waals surface area contributed by atoms with Gasteiger partial charge in [-0.15, -0.1) is 24.0 Å². The molecule has 1 aromatic carbocycles.